The highest BCUT2D eigenvalue weighted by molar-refractivity contribution is 6.59. The maximum absolute atomic E-state index is 9.31. The van der Waals surface area contributed by atoms with Crippen LogP contribution in [0, 0.1) is 0 Å². The SMILES string of the molecule is CN(C)c1ncc(B(O)O)c(OCc2ccccc2)n1. The average Bonchev–Trinajstić information content (AvgIpc) is 2.45. The molecule has 0 unspecified atom stereocenters. The highest BCUT2D eigenvalue weighted by atomic mass is 16.5. The number of hydrogen-bond acceptors (Lipinski definition) is 6. The zero-order valence-corrected chi connectivity index (χ0v) is 11.4. The summed E-state index contributed by atoms with van der Waals surface area (Å²) < 4.78 is 5.58. The van der Waals surface area contributed by atoms with Crippen LogP contribution in [0.3, 0.4) is 0 Å². The van der Waals surface area contributed by atoms with E-state index in [0.29, 0.717) is 12.6 Å². The van der Waals surface area contributed by atoms with E-state index in [9.17, 15) is 10.0 Å². The van der Waals surface area contributed by atoms with E-state index in [4.69, 9.17) is 4.74 Å². The highest BCUT2D eigenvalue weighted by Crippen LogP contribution is 2.11. The van der Waals surface area contributed by atoms with E-state index in [1.165, 1.54) is 6.20 Å². The molecule has 0 aliphatic carbocycles. The molecule has 7 heteroatoms. The summed E-state index contributed by atoms with van der Waals surface area (Å²) in [4.78, 5) is 9.92. The van der Waals surface area contributed by atoms with Crippen molar-refractivity contribution in [2.24, 2.45) is 0 Å². The first-order valence-corrected chi connectivity index (χ1v) is 6.15. The van der Waals surface area contributed by atoms with Crippen molar-refractivity contribution < 1.29 is 14.8 Å². The Morgan fingerprint density at radius 3 is 2.50 bits per heavy atom. The minimum absolute atomic E-state index is 0.145. The van der Waals surface area contributed by atoms with Crippen molar-refractivity contribution in [2.75, 3.05) is 19.0 Å². The van der Waals surface area contributed by atoms with Crippen LogP contribution in [-0.2, 0) is 6.61 Å². The van der Waals surface area contributed by atoms with Gasteiger partial charge in [0.05, 0.1) is 5.46 Å². The second-order valence-electron chi connectivity index (χ2n) is 4.47. The number of benzene rings is 1. The van der Waals surface area contributed by atoms with Gasteiger partial charge in [0.15, 0.2) is 0 Å². The Hall–Kier alpha value is -2.12. The van der Waals surface area contributed by atoms with Crippen LogP contribution in [0.5, 0.6) is 5.88 Å². The molecule has 6 nitrogen and oxygen atoms in total. The molecule has 0 radical (unpaired) electrons. The maximum atomic E-state index is 9.31. The number of anilines is 1. The average molecular weight is 273 g/mol. The van der Waals surface area contributed by atoms with Crippen molar-refractivity contribution in [1.82, 2.24) is 9.97 Å². The van der Waals surface area contributed by atoms with E-state index in [1.54, 1.807) is 19.0 Å². The third-order valence-electron chi connectivity index (χ3n) is 2.66. The predicted molar refractivity (Wildman–Crippen MR) is 77.0 cm³/mol. The molecule has 0 atom stereocenters. The Bertz CT molecular complexity index is 564. The van der Waals surface area contributed by atoms with Crippen LogP contribution < -0.4 is 15.1 Å². The fourth-order valence-electron chi connectivity index (χ4n) is 1.60. The van der Waals surface area contributed by atoms with Gasteiger partial charge in [0.1, 0.15) is 6.61 Å². The summed E-state index contributed by atoms with van der Waals surface area (Å²) in [7, 11) is 1.92. The second-order valence-corrected chi connectivity index (χ2v) is 4.47. The lowest BCUT2D eigenvalue weighted by atomic mass is 9.82. The minimum atomic E-state index is -1.67. The summed E-state index contributed by atoms with van der Waals surface area (Å²) in [5.41, 5.74) is 1.11. The monoisotopic (exact) mass is 273 g/mol. The molecular formula is C13H16BN3O3. The lowest BCUT2D eigenvalue weighted by Crippen LogP contribution is -2.33. The van der Waals surface area contributed by atoms with Gasteiger partial charge in [0, 0.05) is 20.3 Å². The van der Waals surface area contributed by atoms with E-state index in [1.807, 2.05) is 30.3 Å². The highest BCUT2D eigenvalue weighted by Gasteiger charge is 2.20. The van der Waals surface area contributed by atoms with Crippen molar-refractivity contribution in [3.63, 3.8) is 0 Å². The van der Waals surface area contributed by atoms with E-state index in [-0.39, 0.29) is 11.3 Å². The molecule has 0 amide bonds. The minimum Gasteiger partial charge on any atom is -0.473 e. The number of nitrogens with zero attached hydrogens (tertiary/aromatic N) is 3. The lowest BCUT2D eigenvalue weighted by Gasteiger charge is -2.14. The number of hydrogen-bond donors (Lipinski definition) is 2. The Labute approximate surface area is 117 Å². The van der Waals surface area contributed by atoms with E-state index < -0.39 is 7.12 Å². The molecule has 1 aromatic heterocycles. The zero-order valence-electron chi connectivity index (χ0n) is 11.4. The van der Waals surface area contributed by atoms with Gasteiger partial charge in [-0.15, -0.1) is 0 Å². The normalized spacial score (nSPS) is 10.2. The van der Waals surface area contributed by atoms with Crippen LogP contribution in [0.1, 0.15) is 5.56 Å². The Kier molecular flexibility index (Phi) is 4.55. The molecule has 0 bridgehead atoms. The summed E-state index contributed by atoms with van der Waals surface area (Å²) in [6, 6.07) is 9.57. The summed E-state index contributed by atoms with van der Waals surface area (Å²) >= 11 is 0. The van der Waals surface area contributed by atoms with Gasteiger partial charge in [0.25, 0.3) is 0 Å². The summed E-state index contributed by atoms with van der Waals surface area (Å²) in [6.07, 6.45) is 1.35. The van der Waals surface area contributed by atoms with Crippen molar-refractivity contribution in [3.8, 4) is 5.88 Å². The predicted octanol–water partition coefficient (Wildman–Crippen LogP) is -0.199. The Morgan fingerprint density at radius 2 is 1.90 bits per heavy atom. The summed E-state index contributed by atoms with van der Waals surface area (Å²) in [5.74, 6) is 0.611. The summed E-state index contributed by atoms with van der Waals surface area (Å²) in [5, 5.41) is 18.6. The number of ether oxygens (including phenoxy) is 1. The van der Waals surface area contributed by atoms with Crippen molar-refractivity contribution >= 4 is 18.5 Å². The molecule has 1 heterocycles. The van der Waals surface area contributed by atoms with E-state index in [0.717, 1.165) is 5.56 Å². The van der Waals surface area contributed by atoms with Crippen LogP contribution in [-0.4, -0.2) is 41.2 Å². The summed E-state index contributed by atoms with van der Waals surface area (Å²) in [6.45, 7) is 0.296. The van der Waals surface area contributed by atoms with Crippen LogP contribution in [0.4, 0.5) is 5.95 Å². The van der Waals surface area contributed by atoms with Crippen LogP contribution >= 0.6 is 0 Å². The van der Waals surface area contributed by atoms with Crippen molar-refractivity contribution in [3.05, 3.63) is 42.1 Å². The molecular weight excluding hydrogens is 257 g/mol. The largest absolute Gasteiger partial charge is 0.495 e. The van der Waals surface area contributed by atoms with Crippen LogP contribution in [0.2, 0.25) is 0 Å². The number of rotatable bonds is 5. The van der Waals surface area contributed by atoms with Gasteiger partial charge in [-0.3, -0.25) is 0 Å². The van der Waals surface area contributed by atoms with Gasteiger partial charge in [-0.25, -0.2) is 4.98 Å². The van der Waals surface area contributed by atoms with E-state index >= 15 is 0 Å². The fourth-order valence-corrected chi connectivity index (χ4v) is 1.60. The molecule has 0 saturated carbocycles. The Balaban J connectivity index is 2.21. The first kappa shape index (κ1) is 14.3. The van der Waals surface area contributed by atoms with Gasteiger partial charge in [-0.2, -0.15) is 4.98 Å². The maximum Gasteiger partial charge on any atom is 0.495 e. The second kappa shape index (κ2) is 6.36. The van der Waals surface area contributed by atoms with Gasteiger partial charge >= 0.3 is 7.12 Å². The molecule has 0 spiro atoms. The number of aromatic nitrogens is 2. The standard InChI is InChI=1S/C13H16BN3O3/c1-17(2)13-15-8-11(14(18)19)12(16-13)20-9-10-6-4-3-5-7-10/h3-8,18-19H,9H2,1-2H3. The first-order chi connectivity index (χ1) is 9.58. The molecule has 0 aliphatic heterocycles. The molecule has 2 N–H and O–H groups in total. The molecule has 104 valence electrons. The fraction of sp³-hybridized carbons (Fsp3) is 0.231. The van der Waals surface area contributed by atoms with Gasteiger partial charge in [-0.05, 0) is 5.56 Å². The Morgan fingerprint density at radius 1 is 1.20 bits per heavy atom. The molecule has 1 aromatic carbocycles. The third kappa shape index (κ3) is 3.46. The molecule has 0 aliphatic rings. The smallest absolute Gasteiger partial charge is 0.473 e. The molecule has 2 rings (SSSR count). The van der Waals surface area contributed by atoms with Crippen molar-refractivity contribution in [1.29, 1.82) is 0 Å². The topological polar surface area (TPSA) is 78.7 Å². The van der Waals surface area contributed by atoms with Gasteiger partial charge in [0.2, 0.25) is 11.8 Å². The van der Waals surface area contributed by atoms with Crippen molar-refractivity contribution in [2.45, 2.75) is 6.61 Å². The van der Waals surface area contributed by atoms with Gasteiger partial charge in [-0.1, -0.05) is 30.3 Å². The van der Waals surface area contributed by atoms with E-state index in [2.05, 4.69) is 9.97 Å². The molecule has 20 heavy (non-hydrogen) atoms. The van der Waals surface area contributed by atoms with Crippen LogP contribution in [0.15, 0.2) is 36.5 Å². The third-order valence-corrected chi connectivity index (χ3v) is 2.66. The molecule has 0 fully saturated rings. The quantitative estimate of drug-likeness (QED) is 0.735. The lowest BCUT2D eigenvalue weighted by molar-refractivity contribution is 0.294. The first-order valence-electron chi connectivity index (χ1n) is 6.15. The van der Waals surface area contributed by atoms with Gasteiger partial charge < -0.3 is 19.7 Å². The molecule has 0 saturated heterocycles. The molecule has 2 aromatic rings. The zero-order chi connectivity index (χ0) is 14.5. The van der Waals surface area contributed by atoms with Crippen LogP contribution in [0.25, 0.3) is 0 Å².